The number of hydrogen-bond donors (Lipinski definition) is 0. The van der Waals surface area contributed by atoms with Gasteiger partial charge >= 0.3 is 0 Å². The van der Waals surface area contributed by atoms with Crippen LogP contribution in [0.4, 0.5) is 5.69 Å². The third-order valence-electron chi connectivity index (χ3n) is 4.13. The van der Waals surface area contributed by atoms with Crippen LogP contribution in [-0.4, -0.2) is 13.1 Å². The highest BCUT2D eigenvalue weighted by molar-refractivity contribution is 5.48. The molecule has 1 aliphatic rings. The maximum atomic E-state index is 3.14. The lowest BCUT2D eigenvalue weighted by Gasteiger charge is -2.28. The first-order valence-corrected chi connectivity index (χ1v) is 7.71. The zero-order chi connectivity index (χ0) is 13.6. The van der Waals surface area contributed by atoms with Gasteiger partial charge in [-0.3, -0.25) is 0 Å². The van der Waals surface area contributed by atoms with Crippen LogP contribution in [0.5, 0.6) is 0 Å². The summed E-state index contributed by atoms with van der Waals surface area (Å²) in [7, 11) is 0. The van der Waals surface area contributed by atoms with E-state index in [1.807, 2.05) is 6.07 Å². The Kier molecular flexibility index (Phi) is 4.37. The minimum Gasteiger partial charge on any atom is -0.372 e. The van der Waals surface area contributed by atoms with Crippen LogP contribution in [0, 0.1) is 6.07 Å². The summed E-state index contributed by atoms with van der Waals surface area (Å²) >= 11 is 0. The van der Waals surface area contributed by atoms with E-state index in [4.69, 9.17) is 0 Å². The highest BCUT2D eigenvalue weighted by Gasteiger charge is 2.10. The van der Waals surface area contributed by atoms with Crippen molar-refractivity contribution in [2.45, 2.75) is 32.1 Å². The van der Waals surface area contributed by atoms with Crippen molar-refractivity contribution in [1.82, 2.24) is 0 Å². The van der Waals surface area contributed by atoms with Crippen molar-refractivity contribution in [3.05, 3.63) is 65.7 Å². The molecule has 2 aromatic carbocycles. The van der Waals surface area contributed by atoms with Gasteiger partial charge in [-0.2, -0.15) is 0 Å². The third kappa shape index (κ3) is 3.41. The van der Waals surface area contributed by atoms with Crippen LogP contribution >= 0.6 is 0 Å². The lowest BCUT2D eigenvalue weighted by molar-refractivity contribution is 0.578. The molecule has 0 atom stereocenters. The summed E-state index contributed by atoms with van der Waals surface area (Å²) < 4.78 is 0. The first-order chi connectivity index (χ1) is 9.92. The molecule has 1 fully saturated rings. The van der Waals surface area contributed by atoms with E-state index in [9.17, 15) is 0 Å². The summed E-state index contributed by atoms with van der Waals surface area (Å²) in [6, 6.07) is 20.6. The number of hydrogen-bond acceptors (Lipinski definition) is 1. The van der Waals surface area contributed by atoms with E-state index in [0.717, 1.165) is 12.8 Å². The minimum absolute atomic E-state index is 1.10. The molecule has 0 unspecified atom stereocenters. The largest absolute Gasteiger partial charge is 0.372 e. The summed E-state index contributed by atoms with van der Waals surface area (Å²) in [5, 5.41) is 0. The highest BCUT2D eigenvalue weighted by Crippen LogP contribution is 2.20. The summed E-state index contributed by atoms with van der Waals surface area (Å²) in [6.45, 7) is 2.44. The first kappa shape index (κ1) is 13.2. The molecule has 0 aliphatic carbocycles. The van der Waals surface area contributed by atoms with E-state index in [1.54, 1.807) is 0 Å². The molecular formula is C19H22N. The van der Waals surface area contributed by atoms with Gasteiger partial charge in [0.25, 0.3) is 0 Å². The van der Waals surface area contributed by atoms with Gasteiger partial charge in [0, 0.05) is 18.8 Å². The Balaban J connectivity index is 1.58. The molecule has 0 aromatic heterocycles. The Bertz CT molecular complexity index is 509. The normalized spacial score (nSPS) is 15.3. The van der Waals surface area contributed by atoms with Gasteiger partial charge in [-0.05, 0) is 61.4 Å². The zero-order valence-electron chi connectivity index (χ0n) is 12.0. The van der Waals surface area contributed by atoms with Crippen molar-refractivity contribution >= 4 is 5.69 Å². The molecule has 0 bridgehead atoms. The fraction of sp³-hybridized carbons (Fsp3) is 0.368. The van der Waals surface area contributed by atoms with Crippen LogP contribution in [0.25, 0.3) is 0 Å². The summed E-state index contributed by atoms with van der Waals surface area (Å²) in [5.41, 5.74) is 4.18. The van der Waals surface area contributed by atoms with Crippen LogP contribution < -0.4 is 4.90 Å². The number of nitrogens with zero attached hydrogens (tertiary/aromatic N) is 1. The molecule has 1 heteroatoms. The van der Waals surface area contributed by atoms with E-state index >= 15 is 0 Å². The van der Waals surface area contributed by atoms with Crippen molar-refractivity contribution in [1.29, 1.82) is 0 Å². The molecule has 3 rings (SSSR count). The van der Waals surface area contributed by atoms with E-state index in [-0.39, 0.29) is 0 Å². The number of piperidine rings is 1. The van der Waals surface area contributed by atoms with Crippen molar-refractivity contribution < 1.29 is 0 Å². The van der Waals surface area contributed by atoms with Crippen LogP contribution in [0.1, 0.15) is 30.4 Å². The van der Waals surface area contributed by atoms with Crippen LogP contribution in [0.15, 0.2) is 48.5 Å². The molecule has 0 amide bonds. The number of aryl methyl sites for hydroxylation is 2. The molecule has 103 valence electrons. The van der Waals surface area contributed by atoms with E-state index < -0.39 is 0 Å². The second kappa shape index (κ2) is 6.60. The van der Waals surface area contributed by atoms with Crippen LogP contribution in [0.3, 0.4) is 0 Å². The van der Waals surface area contributed by atoms with Crippen LogP contribution in [0.2, 0.25) is 0 Å². The van der Waals surface area contributed by atoms with Gasteiger partial charge in [0.05, 0.1) is 0 Å². The third-order valence-corrected chi connectivity index (χ3v) is 4.13. The molecule has 20 heavy (non-hydrogen) atoms. The molecule has 1 saturated heterocycles. The second-order valence-corrected chi connectivity index (χ2v) is 5.63. The van der Waals surface area contributed by atoms with Gasteiger partial charge < -0.3 is 4.90 Å². The van der Waals surface area contributed by atoms with Gasteiger partial charge in [-0.15, -0.1) is 0 Å². The van der Waals surface area contributed by atoms with E-state index in [1.165, 1.54) is 49.2 Å². The van der Waals surface area contributed by atoms with E-state index in [2.05, 4.69) is 53.4 Å². The fourth-order valence-corrected chi connectivity index (χ4v) is 2.90. The van der Waals surface area contributed by atoms with Gasteiger partial charge in [-0.25, -0.2) is 0 Å². The average Bonchev–Trinajstić information content (AvgIpc) is 2.55. The van der Waals surface area contributed by atoms with E-state index in [0.29, 0.717) is 0 Å². The summed E-state index contributed by atoms with van der Waals surface area (Å²) in [4.78, 5) is 2.51. The van der Waals surface area contributed by atoms with Gasteiger partial charge in [0.1, 0.15) is 0 Å². The number of anilines is 1. The lowest BCUT2D eigenvalue weighted by atomic mass is 10.0. The topological polar surface area (TPSA) is 3.24 Å². The fourth-order valence-electron chi connectivity index (χ4n) is 2.90. The first-order valence-electron chi connectivity index (χ1n) is 7.71. The predicted octanol–water partition coefficient (Wildman–Crippen LogP) is 4.26. The van der Waals surface area contributed by atoms with Crippen molar-refractivity contribution in [2.24, 2.45) is 0 Å². The molecule has 1 heterocycles. The average molecular weight is 264 g/mol. The molecule has 1 nitrogen and oxygen atoms in total. The second-order valence-electron chi connectivity index (χ2n) is 5.63. The summed E-state index contributed by atoms with van der Waals surface area (Å²) in [6.07, 6.45) is 6.28. The molecule has 0 N–H and O–H groups in total. The molecule has 0 spiro atoms. The quantitative estimate of drug-likeness (QED) is 0.797. The Morgan fingerprint density at radius 3 is 2.30 bits per heavy atom. The standard InChI is InChI=1S/C19H22N/c1-3-7-17(8-4-1)9-10-18-11-13-19(14-12-18)20-15-5-2-6-16-20/h1,3,7-8,11-14H,2,5-6,9-10,15-16H2. The lowest BCUT2D eigenvalue weighted by Crippen LogP contribution is -2.29. The maximum absolute atomic E-state index is 3.14. The number of rotatable bonds is 4. The Hall–Kier alpha value is -1.76. The molecular weight excluding hydrogens is 242 g/mol. The summed E-state index contributed by atoms with van der Waals surface area (Å²) in [5.74, 6) is 0. The minimum atomic E-state index is 1.10. The molecule has 0 saturated carbocycles. The zero-order valence-corrected chi connectivity index (χ0v) is 12.0. The maximum Gasteiger partial charge on any atom is 0.0366 e. The van der Waals surface area contributed by atoms with Gasteiger partial charge in [0.2, 0.25) is 0 Å². The molecule has 2 aromatic rings. The molecule has 1 radical (unpaired) electrons. The molecule has 1 aliphatic heterocycles. The predicted molar refractivity (Wildman–Crippen MR) is 85.2 cm³/mol. The Labute approximate surface area is 122 Å². The van der Waals surface area contributed by atoms with Crippen molar-refractivity contribution in [3.63, 3.8) is 0 Å². The monoisotopic (exact) mass is 264 g/mol. The smallest absolute Gasteiger partial charge is 0.0366 e. The Morgan fingerprint density at radius 1 is 0.850 bits per heavy atom. The SMILES string of the molecule is [c]1cccc(CCc2ccc(N3CCCCC3)cc2)c1. The van der Waals surface area contributed by atoms with Crippen molar-refractivity contribution in [3.8, 4) is 0 Å². The number of benzene rings is 2. The van der Waals surface area contributed by atoms with Crippen LogP contribution in [-0.2, 0) is 12.8 Å². The van der Waals surface area contributed by atoms with Gasteiger partial charge in [-0.1, -0.05) is 36.4 Å². The van der Waals surface area contributed by atoms with Gasteiger partial charge in [0.15, 0.2) is 0 Å². The highest BCUT2D eigenvalue weighted by atomic mass is 15.1. The Morgan fingerprint density at radius 2 is 1.60 bits per heavy atom. The van der Waals surface area contributed by atoms with Crippen molar-refractivity contribution in [2.75, 3.05) is 18.0 Å².